The van der Waals surface area contributed by atoms with E-state index in [1.165, 1.54) is 18.7 Å². The minimum atomic E-state index is -3.52. The van der Waals surface area contributed by atoms with Gasteiger partial charge in [-0.1, -0.05) is 30.3 Å². The van der Waals surface area contributed by atoms with Crippen LogP contribution in [0.1, 0.15) is 28.1 Å². The van der Waals surface area contributed by atoms with E-state index in [4.69, 9.17) is 0 Å². The number of piperidine rings is 1. The molecule has 0 aliphatic carbocycles. The Kier molecular flexibility index (Phi) is 5.56. The average Bonchev–Trinajstić information content (AvgIpc) is 3.13. The first-order chi connectivity index (χ1) is 12.0. The highest BCUT2D eigenvalue weighted by atomic mass is 32.2. The Morgan fingerprint density at radius 3 is 2.56 bits per heavy atom. The van der Waals surface area contributed by atoms with E-state index in [-0.39, 0.29) is 10.8 Å². The van der Waals surface area contributed by atoms with E-state index < -0.39 is 10.0 Å². The first-order valence-corrected chi connectivity index (χ1v) is 10.7. The minimum Gasteiger partial charge on any atom is -0.354 e. The monoisotopic (exact) mass is 378 g/mol. The Morgan fingerprint density at radius 1 is 1.24 bits per heavy atom. The molecule has 1 aliphatic heterocycles. The molecule has 0 bridgehead atoms. The molecule has 134 valence electrons. The number of thiophene rings is 1. The molecule has 25 heavy (non-hydrogen) atoms. The van der Waals surface area contributed by atoms with Gasteiger partial charge in [0.2, 0.25) is 10.0 Å². The molecule has 0 radical (unpaired) electrons. The van der Waals surface area contributed by atoms with E-state index in [0.29, 0.717) is 23.9 Å². The largest absolute Gasteiger partial charge is 0.354 e. The van der Waals surface area contributed by atoms with Gasteiger partial charge in [-0.05, 0) is 36.8 Å². The van der Waals surface area contributed by atoms with Crippen molar-refractivity contribution in [2.24, 2.45) is 5.92 Å². The van der Waals surface area contributed by atoms with Crippen molar-refractivity contribution in [1.82, 2.24) is 9.62 Å². The van der Waals surface area contributed by atoms with Gasteiger partial charge in [0.15, 0.2) is 0 Å². The lowest BCUT2D eigenvalue weighted by molar-refractivity contribution is 0.0967. The number of rotatable bonds is 5. The molecule has 7 heteroatoms. The van der Waals surface area contributed by atoms with Crippen molar-refractivity contribution in [2.75, 3.05) is 20.1 Å². The zero-order valence-electron chi connectivity index (χ0n) is 14.1. The highest BCUT2D eigenvalue weighted by Gasteiger charge is 2.30. The van der Waals surface area contributed by atoms with E-state index in [0.717, 1.165) is 30.6 Å². The molecule has 0 atom stereocenters. The summed E-state index contributed by atoms with van der Waals surface area (Å²) in [6.45, 7) is 1.07. The molecule has 0 unspecified atom stereocenters. The second kappa shape index (κ2) is 7.68. The molecule has 5 nitrogen and oxygen atoms in total. The quantitative estimate of drug-likeness (QED) is 0.870. The van der Waals surface area contributed by atoms with Crippen LogP contribution in [-0.4, -0.2) is 38.8 Å². The van der Waals surface area contributed by atoms with Gasteiger partial charge >= 0.3 is 0 Å². The standard InChI is InChI=1S/C18H22N2O3S2/c1-19-18(21)17-12-16(13-24-17)25(22,23)20-9-7-15(8-10-20)11-14-5-3-2-4-6-14/h2-6,12-13,15H,7-11H2,1H3,(H,19,21). The van der Waals surface area contributed by atoms with Crippen molar-refractivity contribution >= 4 is 27.3 Å². The van der Waals surface area contributed by atoms with Crippen LogP contribution >= 0.6 is 11.3 Å². The van der Waals surface area contributed by atoms with E-state index >= 15 is 0 Å². The second-order valence-corrected chi connectivity index (χ2v) is 9.11. The van der Waals surface area contributed by atoms with Gasteiger partial charge in [0.25, 0.3) is 5.91 Å². The summed E-state index contributed by atoms with van der Waals surface area (Å²) in [5, 5.41) is 4.07. The molecule has 1 aromatic heterocycles. The summed E-state index contributed by atoms with van der Waals surface area (Å²) >= 11 is 1.16. The van der Waals surface area contributed by atoms with Crippen molar-refractivity contribution < 1.29 is 13.2 Å². The van der Waals surface area contributed by atoms with E-state index in [2.05, 4.69) is 17.4 Å². The highest BCUT2D eigenvalue weighted by Crippen LogP contribution is 2.28. The number of nitrogens with one attached hydrogen (secondary N) is 1. The van der Waals surface area contributed by atoms with E-state index in [9.17, 15) is 13.2 Å². The van der Waals surface area contributed by atoms with Crippen LogP contribution in [0.15, 0.2) is 46.7 Å². The van der Waals surface area contributed by atoms with Crippen LogP contribution in [0.4, 0.5) is 0 Å². The Hall–Kier alpha value is -1.70. The SMILES string of the molecule is CNC(=O)c1cc(S(=O)(=O)N2CCC(Cc3ccccc3)CC2)cs1. The Bertz CT molecular complexity index is 823. The molecule has 1 saturated heterocycles. The molecule has 0 saturated carbocycles. The lowest BCUT2D eigenvalue weighted by Gasteiger charge is -2.31. The highest BCUT2D eigenvalue weighted by molar-refractivity contribution is 7.89. The third-order valence-corrected chi connectivity index (χ3v) is 7.56. The van der Waals surface area contributed by atoms with Gasteiger partial charge < -0.3 is 5.32 Å². The van der Waals surface area contributed by atoms with Crippen molar-refractivity contribution in [3.8, 4) is 0 Å². The molecule has 0 spiro atoms. The number of carbonyl (C=O) groups excluding carboxylic acids is 1. The molecule has 1 N–H and O–H groups in total. The summed E-state index contributed by atoms with van der Waals surface area (Å²) in [6, 6.07) is 11.8. The van der Waals surface area contributed by atoms with Gasteiger partial charge in [0, 0.05) is 25.5 Å². The summed E-state index contributed by atoms with van der Waals surface area (Å²) in [6.07, 6.45) is 2.72. The van der Waals surface area contributed by atoms with Gasteiger partial charge in [-0.2, -0.15) is 4.31 Å². The van der Waals surface area contributed by atoms with Gasteiger partial charge in [0.1, 0.15) is 0 Å². The molecule has 1 amide bonds. The second-order valence-electron chi connectivity index (χ2n) is 6.26. The lowest BCUT2D eigenvalue weighted by atomic mass is 9.91. The van der Waals surface area contributed by atoms with Crippen LogP contribution in [0.2, 0.25) is 0 Å². The zero-order valence-corrected chi connectivity index (χ0v) is 15.8. The average molecular weight is 379 g/mol. The Morgan fingerprint density at radius 2 is 1.92 bits per heavy atom. The van der Waals surface area contributed by atoms with Crippen LogP contribution in [-0.2, 0) is 16.4 Å². The first-order valence-electron chi connectivity index (χ1n) is 8.35. The van der Waals surface area contributed by atoms with E-state index in [1.54, 1.807) is 9.69 Å². The topological polar surface area (TPSA) is 66.5 Å². The number of benzene rings is 1. The Balaban J connectivity index is 1.63. The predicted molar refractivity (Wildman–Crippen MR) is 99.3 cm³/mol. The number of nitrogens with zero attached hydrogens (tertiary/aromatic N) is 1. The van der Waals surface area contributed by atoms with Gasteiger partial charge in [0.05, 0.1) is 9.77 Å². The molecule has 3 rings (SSSR count). The number of hydrogen-bond acceptors (Lipinski definition) is 4. The fourth-order valence-electron chi connectivity index (χ4n) is 3.15. The molecular formula is C18H22N2O3S2. The summed E-state index contributed by atoms with van der Waals surface area (Å²) in [4.78, 5) is 12.3. The lowest BCUT2D eigenvalue weighted by Crippen LogP contribution is -2.38. The molecule has 1 aliphatic rings. The van der Waals surface area contributed by atoms with E-state index in [1.807, 2.05) is 18.2 Å². The summed E-state index contributed by atoms with van der Waals surface area (Å²) < 4.78 is 27.1. The number of carbonyl (C=O) groups is 1. The number of amides is 1. The normalized spacial score (nSPS) is 16.7. The third-order valence-electron chi connectivity index (χ3n) is 4.60. The first kappa shape index (κ1) is 18.1. The van der Waals surface area contributed by atoms with Crippen molar-refractivity contribution in [2.45, 2.75) is 24.2 Å². The smallest absolute Gasteiger partial charge is 0.261 e. The summed E-state index contributed by atoms with van der Waals surface area (Å²) in [5.41, 5.74) is 1.30. The molecule has 1 aromatic carbocycles. The molecule has 1 fully saturated rings. The van der Waals surface area contributed by atoms with Crippen molar-refractivity contribution in [3.05, 3.63) is 52.2 Å². The van der Waals surface area contributed by atoms with Gasteiger partial charge in [-0.3, -0.25) is 4.79 Å². The minimum absolute atomic E-state index is 0.220. The fraction of sp³-hybridized carbons (Fsp3) is 0.389. The van der Waals surface area contributed by atoms with Crippen LogP contribution < -0.4 is 5.32 Å². The number of hydrogen-bond donors (Lipinski definition) is 1. The van der Waals surface area contributed by atoms with Gasteiger partial charge in [-0.15, -0.1) is 11.3 Å². The van der Waals surface area contributed by atoms with Gasteiger partial charge in [-0.25, -0.2) is 8.42 Å². The van der Waals surface area contributed by atoms with Crippen molar-refractivity contribution in [1.29, 1.82) is 0 Å². The third kappa shape index (κ3) is 4.11. The molecule has 2 aromatic rings. The molecular weight excluding hydrogens is 356 g/mol. The summed E-state index contributed by atoms with van der Waals surface area (Å²) in [7, 11) is -1.98. The van der Waals surface area contributed by atoms with Crippen LogP contribution in [0.5, 0.6) is 0 Å². The summed E-state index contributed by atoms with van der Waals surface area (Å²) in [5.74, 6) is 0.255. The molecule has 2 heterocycles. The van der Waals surface area contributed by atoms with Crippen molar-refractivity contribution in [3.63, 3.8) is 0 Å². The van der Waals surface area contributed by atoms with Crippen LogP contribution in [0.3, 0.4) is 0 Å². The predicted octanol–water partition coefficient (Wildman–Crippen LogP) is 2.75. The van der Waals surface area contributed by atoms with Crippen LogP contribution in [0.25, 0.3) is 0 Å². The maximum atomic E-state index is 12.8. The number of sulfonamides is 1. The fourth-order valence-corrected chi connectivity index (χ4v) is 5.82. The van der Waals surface area contributed by atoms with Crippen LogP contribution in [0, 0.1) is 5.92 Å². The maximum absolute atomic E-state index is 12.8. The zero-order chi connectivity index (χ0) is 17.9. The maximum Gasteiger partial charge on any atom is 0.261 e. The Labute approximate surface area is 152 Å².